The third kappa shape index (κ3) is 3.51. The maximum Gasteiger partial charge on any atom is 0.227 e. The molecule has 0 aliphatic carbocycles. The Hall–Kier alpha value is -2.59. The molecule has 134 valence electrons. The van der Waals surface area contributed by atoms with E-state index in [9.17, 15) is 4.79 Å². The van der Waals surface area contributed by atoms with E-state index < -0.39 is 0 Å². The molecule has 2 aromatic carbocycles. The highest BCUT2D eigenvalue weighted by atomic mass is 16.1. The van der Waals surface area contributed by atoms with E-state index in [1.54, 1.807) is 0 Å². The van der Waals surface area contributed by atoms with Crippen molar-refractivity contribution in [3.63, 3.8) is 0 Å². The summed E-state index contributed by atoms with van der Waals surface area (Å²) in [7, 11) is 0. The Bertz CT molecular complexity index is 856. The van der Waals surface area contributed by atoms with Crippen molar-refractivity contribution in [3.05, 3.63) is 54.6 Å². The van der Waals surface area contributed by atoms with Gasteiger partial charge in [0, 0.05) is 28.2 Å². The van der Waals surface area contributed by atoms with Crippen LogP contribution in [-0.4, -0.2) is 35.4 Å². The van der Waals surface area contributed by atoms with Crippen molar-refractivity contribution >= 4 is 22.5 Å². The first-order chi connectivity index (χ1) is 12.7. The number of carbonyl (C=O) groups excluding carboxylic acids is 1. The summed E-state index contributed by atoms with van der Waals surface area (Å²) < 4.78 is 0. The minimum atomic E-state index is 0.131. The van der Waals surface area contributed by atoms with Crippen LogP contribution in [0.25, 0.3) is 22.2 Å². The summed E-state index contributed by atoms with van der Waals surface area (Å²) in [6.07, 6.45) is 1.90. The van der Waals surface area contributed by atoms with Crippen molar-refractivity contribution in [1.82, 2.24) is 9.88 Å². The van der Waals surface area contributed by atoms with Crippen LogP contribution in [0, 0.1) is 5.92 Å². The van der Waals surface area contributed by atoms with Gasteiger partial charge < -0.3 is 15.2 Å². The number of rotatable bonds is 4. The van der Waals surface area contributed by atoms with E-state index >= 15 is 0 Å². The topological polar surface area (TPSA) is 48.1 Å². The molecule has 1 aromatic heterocycles. The lowest BCUT2D eigenvalue weighted by Gasteiger charge is -2.30. The predicted molar refractivity (Wildman–Crippen MR) is 107 cm³/mol. The Labute approximate surface area is 154 Å². The third-order valence-electron chi connectivity index (χ3n) is 5.40. The van der Waals surface area contributed by atoms with Gasteiger partial charge in [0.25, 0.3) is 0 Å². The number of hydrogen-bond donors (Lipinski definition) is 2. The van der Waals surface area contributed by atoms with Crippen LogP contribution >= 0.6 is 0 Å². The fraction of sp³-hybridized carbons (Fsp3) is 0.318. The van der Waals surface area contributed by atoms with Crippen LogP contribution in [0.15, 0.2) is 54.6 Å². The number of aromatic amines is 1. The average molecular weight is 347 g/mol. The van der Waals surface area contributed by atoms with E-state index in [-0.39, 0.29) is 11.8 Å². The summed E-state index contributed by atoms with van der Waals surface area (Å²) in [4.78, 5) is 18.3. The number of piperidine rings is 1. The fourth-order valence-corrected chi connectivity index (χ4v) is 3.72. The lowest BCUT2D eigenvalue weighted by atomic mass is 9.96. The first-order valence-electron chi connectivity index (χ1n) is 9.44. The maximum absolute atomic E-state index is 12.5. The highest BCUT2D eigenvalue weighted by Gasteiger charge is 2.24. The Morgan fingerprint density at radius 1 is 1.12 bits per heavy atom. The Kier molecular flexibility index (Phi) is 4.76. The molecule has 0 atom stereocenters. The number of anilines is 1. The number of nitrogens with one attached hydrogen (secondary N) is 2. The molecule has 0 spiro atoms. The molecule has 3 aromatic rings. The molecule has 1 aliphatic heterocycles. The Balaban J connectivity index is 1.42. The van der Waals surface area contributed by atoms with Crippen molar-refractivity contribution in [1.29, 1.82) is 0 Å². The first-order valence-corrected chi connectivity index (χ1v) is 9.44. The monoisotopic (exact) mass is 347 g/mol. The average Bonchev–Trinajstić information content (AvgIpc) is 3.13. The molecule has 4 rings (SSSR count). The standard InChI is InChI=1S/C22H25N3O/c1-2-25-13-11-17(12-14-25)22(26)23-19-9-7-16(8-10-19)21-15-18-5-3-4-6-20(18)24-21/h3-10,15,17,24H,2,11-14H2,1H3,(H,23,26). The molecule has 0 saturated carbocycles. The maximum atomic E-state index is 12.5. The largest absolute Gasteiger partial charge is 0.355 e. The number of amides is 1. The van der Waals surface area contributed by atoms with E-state index in [4.69, 9.17) is 0 Å². The molecule has 4 heteroatoms. The first kappa shape index (κ1) is 16.9. The smallest absolute Gasteiger partial charge is 0.227 e. The van der Waals surface area contributed by atoms with Crippen molar-refractivity contribution < 1.29 is 4.79 Å². The molecular formula is C22H25N3O. The van der Waals surface area contributed by atoms with E-state index in [0.717, 1.165) is 54.9 Å². The quantitative estimate of drug-likeness (QED) is 0.730. The summed E-state index contributed by atoms with van der Waals surface area (Å²) in [6, 6.07) is 18.5. The van der Waals surface area contributed by atoms with Crippen molar-refractivity contribution in [2.24, 2.45) is 5.92 Å². The number of para-hydroxylation sites is 1. The van der Waals surface area contributed by atoms with Crippen molar-refractivity contribution in [2.75, 3.05) is 25.0 Å². The van der Waals surface area contributed by atoms with Gasteiger partial charge in [-0.1, -0.05) is 37.3 Å². The molecular weight excluding hydrogens is 322 g/mol. The second kappa shape index (κ2) is 7.34. The van der Waals surface area contributed by atoms with Gasteiger partial charge in [0.05, 0.1) is 0 Å². The lowest BCUT2D eigenvalue weighted by molar-refractivity contribution is -0.121. The van der Waals surface area contributed by atoms with Crippen LogP contribution in [0.2, 0.25) is 0 Å². The summed E-state index contributed by atoms with van der Waals surface area (Å²) >= 11 is 0. The van der Waals surface area contributed by atoms with Gasteiger partial charge in [-0.15, -0.1) is 0 Å². The zero-order chi connectivity index (χ0) is 17.9. The van der Waals surface area contributed by atoms with E-state index in [0.29, 0.717) is 0 Å². The number of carbonyl (C=O) groups is 1. The highest BCUT2D eigenvalue weighted by molar-refractivity contribution is 5.93. The molecule has 2 heterocycles. The van der Waals surface area contributed by atoms with E-state index in [1.807, 2.05) is 24.3 Å². The third-order valence-corrected chi connectivity index (χ3v) is 5.40. The summed E-state index contributed by atoms with van der Waals surface area (Å²) in [6.45, 7) is 5.29. The number of H-pyrrole nitrogens is 1. The number of aromatic nitrogens is 1. The van der Waals surface area contributed by atoms with Gasteiger partial charge in [-0.3, -0.25) is 4.79 Å². The zero-order valence-corrected chi connectivity index (χ0v) is 15.2. The van der Waals surface area contributed by atoms with E-state index in [1.165, 1.54) is 5.39 Å². The van der Waals surface area contributed by atoms with Crippen LogP contribution in [0.3, 0.4) is 0 Å². The summed E-state index contributed by atoms with van der Waals surface area (Å²) in [5.41, 5.74) is 4.22. The van der Waals surface area contributed by atoms with Crippen LogP contribution in [0.1, 0.15) is 19.8 Å². The second-order valence-corrected chi connectivity index (χ2v) is 7.05. The molecule has 2 N–H and O–H groups in total. The van der Waals surface area contributed by atoms with Crippen molar-refractivity contribution in [2.45, 2.75) is 19.8 Å². The van der Waals surface area contributed by atoms with Gasteiger partial charge in [-0.2, -0.15) is 0 Å². The van der Waals surface area contributed by atoms with Gasteiger partial charge in [-0.05, 0) is 62.3 Å². The van der Waals surface area contributed by atoms with Gasteiger partial charge in [-0.25, -0.2) is 0 Å². The summed E-state index contributed by atoms with van der Waals surface area (Å²) in [5, 5.41) is 4.29. The predicted octanol–water partition coefficient (Wildman–Crippen LogP) is 4.51. The number of nitrogens with zero attached hydrogens (tertiary/aromatic N) is 1. The molecule has 26 heavy (non-hydrogen) atoms. The normalized spacial score (nSPS) is 16.0. The molecule has 1 amide bonds. The molecule has 0 radical (unpaired) electrons. The molecule has 4 nitrogen and oxygen atoms in total. The number of hydrogen-bond acceptors (Lipinski definition) is 2. The fourth-order valence-electron chi connectivity index (χ4n) is 3.72. The molecule has 0 bridgehead atoms. The number of likely N-dealkylation sites (tertiary alicyclic amines) is 1. The van der Waals surface area contributed by atoms with Crippen molar-refractivity contribution in [3.8, 4) is 11.3 Å². The molecule has 0 unspecified atom stereocenters. The number of benzene rings is 2. The van der Waals surface area contributed by atoms with Crippen LogP contribution in [0.5, 0.6) is 0 Å². The Morgan fingerprint density at radius 2 is 1.85 bits per heavy atom. The van der Waals surface area contributed by atoms with Crippen LogP contribution in [-0.2, 0) is 4.79 Å². The van der Waals surface area contributed by atoms with Crippen LogP contribution < -0.4 is 5.32 Å². The summed E-state index contributed by atoms with van der Waals surface area (Å²) in [5.74, 6) is 0.283. The lowest BCUT2D eigenvalue weighted by Crippen LogP contribution is -2.37. The zero-order valence-electron chi connectivity index (χ0n) is 15.2. The highest BCUT2D eigenvalue weighted by Crippen LogP contribution is 2.26. The molecule has 1 fully saturated rings. The van der Waals surface area contributed by atoms with E-state index in [2.05, 4.69) is 52.5 Å². The minimum Gasteiger partial charge on any atom is -0.355 e. The van der Waals surface area contributed by atoms with Crippen LogP contribution in [0.4, 0.5) is 5.69 Å². The van der Waals surface area contributed by atoms with Gasteiger partial charge >= 0.3 is 0 Å². The van der Waals surface area contributed by atoms with Gasteiger partial charge in [0.2, 0.25) is 5.91 Å². The number of fused-ring (bicyclic) bond motifs is 1. The van der Waals surface area contributed by atoms with Gasteiger partial charge in [0.1, 0.15) is 0 Å². The molecule has 1 saturated heterocycles. The molecule has 1 aliphatic rings. The second-order valence-electron chi connectivity index (χ2n) is 7.05. The minimum absolute atomic E-state index is 0.131. The Morgan fingerprint density at radius 3 is 2.54 bits per heavy atom. The van der Waals surface area contributed by atoms with Gasteiger partial charge in [0.15, 0.2) is 0 Å². The SMILES string of the molecule is CCN1CCC(C(=O)Nc2ccc(-c3cc4ccccc4[nH]3)cc2)CC1.